The van der Waals surface area contributed by atoms with E-state index < -0.39 is 5.91 Å². The van der Waals surface area contributed by atoms with Crippen molar-refractivity contribution in [3.8, 4) is 0 Å². The van der Waals surface area contributed by atoms with Crippen molar-refractivity contribution in [3.05, 3.63) is 35.0 Å². The lowest BCUT2D eigenvalue weighted by Gasteiger charge is -2.03. The second-order valence-electron chi connectivity index (χ2n) is 3.64. The lowest BCUT2D eigenvalue weighted by atomic mass is 10.00. The van der Waals surface area contributed by atoms with E-state index in [4.69, 9.17) is 5.73 Å². The number of carbonyl (C=O) groups excluding carboxylic acids is 2. The van der Waals surface area contributed by atoms with Crippen LogP contribution in [0.25, 0.3) is 5.57 Å². The van der Waals surface area contributed by atoms with Gasteiger partial charge in [0.15, 0.2) is 0 Å². The lowest BCUT2D eigenvalue weighted by Crippen LogP contribution is -2.18. The van der Waals surface area contributed by atoms with Gasteiger partial charge in [0, 0.05) is 11.1 Å². The maximum absolute atomic E-state index is 11.7. The molecule has 0 aliphatic carbocycles. The SMILES string of the molecule is NC(=O)C1=C2C=NNC(=O)c3cccc(c32)[N]1. The molecule has 1 aromatic rings. The number of nitrogens with zero attached hydrogens (tertiary/aromatic N) is 2. The standard InChI is InChI=1S/C11H7N4O2/c12-10(16)9-6-4-13-15-11(17)5-2-1-3-7(14-9)8(5)6/h1-4H,(H2,12,16)(H,15,17). The average molecular weight is 227 g/mol. The van der Waals surface area contributed by atoms with Crippen LogP contribution >= 0.6 is 0 Å². The van der Waals surface area contributed by atoms with Gasteiger partial charge in [0.25, 0.3) is 11.8 Å². The van der Waals surface area contributed by atoms with Crippen molar-refractivity contribution in [2.45, 2.75) is 0 Å². The lowest BCUT2D eigenvalue weighted by molar-refractivity contribution is -0.114. The molecule has 0 atom stereocenters. The van der Waals surface area contributed by atoms with Crippen molar-refractivity contribution in [1.29, 1.82) is 0 Å². The predicted octanol–water partition coefficient (Wildman–Crippen LogP) is -0.138. The molecule has 0 saturated heterocycles. The fourth-order valence-corrected chi connectivity index (χ4v) is 1.93. The molecule has 2 amide bonds. The molecule has 17 heavy (non-hydrogen) atoms. The minimum Gasteiger partial charge on any atom is -0.364 e. The highest BCUT2D eigenvalue weighted by Crippen LogP contribution is 2.36. The number of hydrogen-bond donors (Lipinski definition) is 2. The zero-order chi connectivity index (χ0) is 12.0. The Hall–Kier alpha value is -2.63. The van der Waals surface area contributed by atoms with Gasteiger partial charge >= 0.3 is 0 Å². The summed E-state index contributed by atoms with van der Waals surface area (Å²) in [4.78, 5) is 23.0. The molecule has 0 aromatic heterocycles. The molecule has 2 aliphatic rings. The summed E-state index contributed by atoms with van der Waals surface area (Å²) in [5, 5.41) is 7.85. The fourth-order valence-electron chi connectivity index (χ4n) is 1.93. The topological polar surface area (TPSA) is 98.7 Å². The smallest absolute Gasteiger partial charge is 0.272 e. The maximum Gasteiger partial charge on any atom is 0.272 e. The van der Waals surface area contributed by atoms with E-state index in [1.54, 1.807) is 18.2 Å². The summed E-state index contributed by atoms with van der Waals surface area (Å²) in [7, 11) is 0. The third-order valence-electron chi connectivity index (χ3n) is 2.64. The summed E-state index contributed by atoms with van der Waals surface area (Å²) < 4.78 is 0. The van der Waals surface area contributed by atoms with Gasteiger partial charge in [-0.3, -0.25) is 9.59 Å². The Balaban J connectivity index is 2.34. The number of allylic oxidation sites excluding steroid dienone is 1. The molecular formula is C11H7N4O2. The number of benzene rings is 1. The third kappa shape index (κ3) is 1.24. The van der Waals surface area contributed by atoms with E-state index in [1.165, 1.54) is 6.21 Å². The Kier molecular flexibility index (Phi) is 1.79. The molecule has 2 heterocycles. The van der Waals surface area contributed by atoms with Crippen LogP contribution in [0, 0.1) is 0 Å². The number of hydrazone groups is 1. The van der Waals surface area contributed by atoms with Gasteiger partial charge in [-0.05, 0) is 12.1 Å². The Labute approximate surface area is 96.2 Å². The van der Waals surface area contributed by atoms with Gasteiger partial charge in [-0.25, -0.2) is 10.7 Å². The summed E-state index contributed by atoms with van der Waals surface area (Å²) in [5.41, 5.74) is 9.83. The van der Waals surface area contributed by atoms with Crippen LogP contribution in [0.3, 0.4) is 0 Å². The molecule has 0 fully saturated rings. The largest absolute Gasteiger partial charge is 0.364 e. The van der Waals surface area contributed by atoms with Crippen LogP contribution in [0.5, 0.6) is 0 Å². The molecular weight excluding hydrogens is 220 g/mol. The Morgan fingerprint density at radius 3 is 2.94 bits per heavy atom. The Morgan fingerprint density at radius 2 is 2.18 bits per heavy atom. The van der Waals surface area contributed by atoms with Gasteiger partial charge < -0.3 is 5.73 Å². The first-order valence-corrected chi connectivity index (χ1v) is 4.91. The molecule has 0 saturated carbocycles. The van der Waals surface area contributed by atoms with Crippen LogP contribution in [0.15, 0.2) is 29.0 Å². The molecule has 3 rings (SSSR count). The number of rotatable bonds is 1. The van der Waals surface area contributed by atoms with Crippen molar-refractivity contribution >= 4 is 29.3 Å². The fraction of sp³-hybridized carbons (Fsp3) is 0. The number of nitrogens with one attached hydrogen (secondary N) is 1. The first-order chi connectivity index (χ1) is 8.18. The van der Waals surface area contributed by atoms with Crippen molar-refractivity contribution < 1.29 is 9.59 Å². The molecule has 0 unspecified atom stereocenters. The van der Waals surface area contributed by atoms with Gasteiger partial charge in [0.05, 0.1) is 17.5 Å². The molecule has 2 aliphatic heterocycles. The van der Waals surface area contributed by atoms with Crippen molar-refractivity contribution in [3.63, 3.8) is 0 Å². The van der Waals surface area contributed by atoms with E-state index in [-0.39, 0.29) is 11.6 Å². The second kappa shape index (κ2) is 3.18. The van der Waals surface area contributed by atoms with Crippen LogP contribution in [0.2, 0.25) is 0 Å². The number of hydrogen-bond acceptors (Lipinski definition) is 3. The van der Waals surface area contributed by atoms with E-state index in [9.17, 15) is 9.59 Å². The summed E-state index contributed by atoms with van der Waals surface area (Å²) in [6, 6.07) is 5.08. The Bertz CT molecular complexity index is 616. The highest BCUT2D eigenvalue weighted by atomic mass is 16.2. The Morgan fingerprint density at radius 1 is 1.35 bits per heavy atom. The van der Waals surface area contributed by atoms with E-state index in [2.05, 4.69) is 15.8 Å². The van der Waals surface area contributed by atoms with E-state index in [0.29, 0.717) is 22.4 Å². The summed E-state index contributed by atoms with van der Waals surface area (Å²) in [6.07, 6.45) is 1.39. The minimum absolute atomic E-state index is 0.132. The third-order valence-corrected chi connectivity index (χ3v) is 2.64. The first kappa shape index (κ1) is 9.59. The van der Waals surface area contributed by atoms with Crippen LogP contribution in [-0.4, -0.2) is 18.0 Å². The van der Waals surface area contributed by atoms with Gasteiger partial charge in [0.1, 0.15) is 5.70 Å². The van der Waals surface area contributed by atoms with Crippen LogP contribution < -0.4 is 16.5 Å². The number of nitrogens with two attached hydrogens (primary N) is 1. The highest BCUT2D eigenvalue weighted by molar-refractivity contribution is 6.25. The van der Waals surface area contributed by atoms with Crippen LogP contribution in [0.4, 0.5) is 5.69 Å². The predicted molar refractivity (Wildman–Crippen MR) is 60.3 cm³/mol. The minimum atomic E-state index is -0.636. The van der Waals surface area contributed by atoms with Crippen molar-refractivity contribution in [2.75, 3.05) is 0 Å². The highest BCUT2D eigenvalue weighted by Gasteiger charge is 2.30. The first-order valence-electron chi connectivity index (χ1n) is 4.91. The number of primary amides is 1. The molecule has 83 valence electrons. The number of carbonyl (C=O) groups is 2. The van der Waals surface area contributed by atoms with E-state index in [0.717, 1.165) is 0 Å². The molecule has 6 nitrogen and oxygen atoms in total. The molecule has 6 heteroatoms. The van der Waals surface area contributed by atoms with Crippen LogP contribution in [-0.2, 0) is 4.79 Å². The van der Waals surface area contributed by atoms with E-state index >= 15 is 0 Å². The van der Waals surface area contributed by atoms with E-state index in [1.807, 2.05) is 0 Å². The summed E-state index contributed by atoms with van der Waals surface area (Å²) >= 11 is 0. The summed E-state index contributed by atoms with van der Waals surface area (Å²) in [5.74, 6) is -0.961. The quantitative estimate of drug-likeness (QED) is 0.698. The van der Waals surface area contributed by atoms with Gasteiger partial charge in [0.2, 0.25) is 0 Å². The number of amides is 2. The molecule has 0 spiro atoms. The molecule has 0 bridgehead atoms. The summed E-state index contributed by atoms with van der Waals surface area (Å²) in [6.45, 7) is 0. The van der Waals surface area contributed by atoms with Gasteiger partial charge in [-0.1, -0.05) is 6.07 Å². The van der Waals surface area contributed by atoms with Crippen LogP contribution in [0.1, 0.15) is 15.9 Å². The molecule has 3 N–H and O–H groups in total. The van der Waals surface area contributed by atoms with Crippen molar-refractivity contribution in [2.24, 2.45) is 10.8 Å². The molecule has 1 aromatic carbocycles. The zero-order valence-corrected chi connectivity index (χ0v) is 8.60. The normalized spacial score (nSPS) is 16.1. The van der Waals surface area contributed by atoms with Crippen molar-refractivity contribution in [1.82, 2.24) is 10.7 Å². The zero-order valence-electron chi connectivity index (χ0n) is 8.60. The molecule has 1 radical (unpaired) electrons. The average Bonchev–Trinajstić information content (AvgIpc) is 2.59. The maximum atomic E-state index is 11.7. The second-order valence-corrected chi connectivity index (χ2v) is 3.64. The van der Waals surface area contributed by atoms with Gasteiger partial charge in [-0.2, -0.15) is 5.10 Å². The monoisotopic (exact) mass is 227 g/mol. The van der Waals surface area contributed by atoms with Gasteiger partial charge in [-0.15, -0.1) is 0 Å².